The number of nitrogens with zero attached hydrogens (tertiary/aromatic N) is 3. The van der Waals surface area contributed by atoms with E-state index in [2.05, 4.69) is 47.2 Å². The van der Waals surface area contributed by atoms with Crippen LogP contribution in [0.4, 0.5) is 0 Å². The molecule has 1 aliphatic heterocycles. The van der Waals surface area contributed by atoms with Gasteiger partial charge in [-0.1, -0.05) is 48.0 Å². The summed E-state index contributed by atoms with van der Waals surface area (Å²) in [7, 11) is 0. The van der Waals surface area contributed by atoms with Gasteiger partial charge in [-0.15, -0.1) is 0 Å². The van der Waals surface area contributed by atoms with Crippen LogP contribution < -0.4 is 77.4 Å². The molecule has 1 aliphatic rings. The van der Waals surface area contributed by atoms with Gasteiger partial charge in [0.2, 0.25) is 47.3 Å². The molecule has 0 spiro atoms. The van der Waals surface area contributed by atoms with Crippen molar-refractivity contribution in [3.63, 3.8) is 0 Å². The molecule has 0 unspecified atom stereocenters. The van der Waals surface area contributed by atoms with Crippen LogP contribution in [-0.4, -0.2) is 162 Å². The zero-order chi connectivity index (χ0) is 58.4. The Balaban J connectivity index is 3.45. The Morgan fingerprint density at radius 1 is 0.558 bits per heavy atom. The Morgan fingerprint density at radius 3 is 1.55 bits per heavy atom. The lowest BCUT2D eigenvalue weighted by molar-refractivity contribution is -0.143. The lowest BCUT2D eigenvalue weighted by atomic mass is 9.97. The summed E-state index contributed by atoms with van der Waals surface area (Å²) in [4.78, 5) is 133. The number of carboxylic acids is 1. The summed E-state index contributed by atoms with van der Waals surface area (Å²) >= 11 is 0. The molecule has 0 radical (unpaired) electrons. The van der Waals surface area contributed by atoms with Crippen molar-refractivity contribution in [1.29, 1.82) is 0 Å². The molecule has 1 heterocycles. The SMILES string of the molecule is CC[C@H](C)[C@H](NC(=O)[C@H](C)NC(=O)[C@H](CCCN=C(N)N)NC(=O)[C@@H](N)CC(C)C)C(=O)N[C@@H](CCCN=C(N)N)C(=O)N1CCC[C@H]1C(=O)N[C@@H](CCCCN)C(=O)N[C@@H](CC(C)C)C(=O)N[C@@H](CCCCN)C(=O)O. The van der Waals surface area contributed by atoms with Crippen LogP contribution in [-0.2, 0) is 43.2 Å². The van der Waals surface area contributed by atoms with E-state index in [9.17, 15) is 48.3 Å². The maximum absolute atomic E-state index is 14.6. The average Bonchev–Trinajstić information content (AvgIpc) is 3.86. The fourth-order valence-corrected chi connectivity index (χ4v) is 8.58. The molecule has 0 aromatic heterocycles. The first kappa shape index (κ1) is 68.7. The first-order chi connectivity index (χ1) is 36.3. The van der Waals surface area contributed by atoms with Gasteiger partial charge in [-0.25, -0.2) is 4.79 Å². The lowest BCUT2D eigenvalue weighted by Gasteiger charge is -2.32. The first-order valence-corrected chi connectivity index (χ1v) is 27.2. The highest BCUT2D eigenvalue weighted by Crippen LogP contribution is 2.21. The number of carboxylic acid groups (broad SMARTS) is 1. The molecule has 0 aliphatic carbocycles. The maximum atomic E-state index is 14.6. The van der Waals surface area contributed by atoms with Crippen molar-refractivity contribution in [2.24, 2.45) is 67.9 Å². The van der Waals surface area contributed by atoms with Gasteiger partial charge in [0.1, 0.15) is 48.3 Å². The summed E-state index contributed by atoms with van der Waals surface area (Å²) < 4.78 is 0. The Hall–Kier alpha value is -6.35. The highest BCUT2D eigenvalue weighted by atomic mass is 16.4. The van der Waals surface area contributed by atoms with E-state index in [0.29, 0.717) is 64.5 Å². The zero-order valence-corrected chi connectivity index (χ0v) is 46.6. The number of rotatable bonds is 38. The molecule has 1 saturated heterocycles. The standard InChI is InChI=1S/C50H95N17O10/c1-8-30(6)39(66-40(68)31(7)60-42(70)34(18-13-23-58-49(54)55)61-41(69)32(53)26-28(2)3)46(74)63-35(19-14-24-59-50(56)57)47(75)67-25-15-20-38(67)45(73)62-33(16-9-11-21-51)43(71)65-37(27-29(4)5)44(72)64-36(48(76)77)17-10-12-22-52/h28-39H,8-27,51-53H2,1-7H3,(H,60,70)(H,61,69)(H,62,73)(H,63,74)(H,64,72)(H,65,71)(H,66,68)(H,76,77)(H4,54,55,58)(H4,56,57,59)/t30-,31-,32-,33-,34-,35-,36-,37-,38-,39-/m0/s1. The van der Waals surface area contributed by atoms with Crippen LogP contribution >= 0.6 is 0 Å². The van der Waals surface area contributed by atoms with Gasteiger partial charge in [0, 0.05) is 19.6 Å². The Bertz CT molecular complexity index is 1970. The average molecular weight is 1090 g/mol. The summed E-state index contributed by atoms with van der Waals surface area (Å²) in [6.45, 7) is 13.4. The molecule has 77 heavy (non-hydrogen) atoms. The van der Waals surface area contributed by atoms with Crippen LogP contribution in [0.5, 0.6) is 0 Å². The number of unbranched alkanes of at least 4 members (excludes halogenated alkanes) is 2. The van der Waals surface area contributed by atoms with E-state index in [1.54, 1.807) is 13.8 Å². The van der Waals surface area contributed by atoms with E-state index in [-0.39, 0.29) is 88.3 Å². The van der Waals surface area contributed by atoms with E-state index in [1.807, 2.05) is 27.7 Å². The van der Waals surface area contributed by atoms with Crippen LogP contribution in [0.15, 0.2) is 9.98 Å². The summed E-state index contributed by atoms with van der Waals surface area (Å²) in [5, 5.41) is 28.7. The Labute approximate surface area is 454 Å². The van der Waals surface area contributed by atoms with Crippen LogP contribution in [0.3, 0.4) is 0 Å². The van der Waals surface area contributed by atoms with E-state index in [4.69, 9.17) is 40.1 Å². The fourth-order valence-electron chi connectivity index (χ4n) is 8.58. The number of aliphatic carboxylic acids is 1. The minimum atomic E-state index is -1.25. The molecule has 8 amide bonds. The molecule has 27 nitrogen and oxygen atoms in total. The molecule has 27 heteroatoms. The van der Waals surface area contributed by atoms with Gasteiger partial charge < -0.3 is 87.4 Å². The number of aliphatic imine (C=N–C) groups is 2. The highest BCUT2D eigenvalue weighted by molar-refractivity contribution is 5.98. The molecule has 0 aromatic rings. The summed E-state index contributed by atoms with van der Waals surface area (Å²) in [5.74, 6) is -7.43. The third-order valence-corrected chi connectivity index (χ3v) is 13.1. The van der Waals surface area contributed by atoms with Crippen molar-refractivity contribution in [3.05, 3.63) is 0 Å². The van der Waals surface area contributed by atoms with Gasteiger partial charge in [0.25, 0.3) is 0 Å². The minimum absolute atomic E-state index is 0.0100. The van der Waals surface area contributed by atoms with Gasteiger partial charge in [0.15, 0.2) is 11.9 Å². The predicted molar refractivity (Wildman–Crippen MR) is 294 cm³/mol. The Morgan fingerprint density at radius 2 is 1.03 bits per heavy atom. The molecular weight excluding hydrogens is 999 g/mol. The van der Waals surface area contributed by atoms with E-state index in [0.717, 1.165) is 0 Å². The number of carbonyl (C=O) groups excluding carboxylic acids is 8. The molecule has 22 N–H and O–H groups in total. The lowest BCUT2D eigenvalue weighted by Crippen LogP contribution is -2.60. The third-order valence-electron chi connectivity index (χ3n) is 13.1. The zero-order valence-electron chi connectivity index (χ0n) is 46.6. The third kappa shape index (κ3) is 26.5. The van der Waals surface area contributed by atoms with E-state index < -0.39 is 114 Å². The number of hydrogen-bond acceptors (Lipinski definition) is 14. The topological polar surface area (TPSA) is 468 Å². The summed E-state index contributed by atoms with van der Waals surface area (Å²) in [6.07, 6.45) is 4.37. The van der Waals surface area contributed by atoms with Crippen LogP contribution in [0, 0.1) is 17.8 Å². The van der Waals surface area contributed by atoms with Crippen LogP contribution in [0.25, 0.3) is 0 Å². The Kier molecular flexibility index (Phi) is 32.7. The van der Waals surface area contributed by atoms with E-state index >= 15 is 0 Å². The van der Waals surface area contributed by atoms with Crippen molar-refractivity contribution < 1.29 is 48.3 Å². The number of amides is 8. The number of nitrogens with two attached hydrogens (primary N) is 7. The molecule has 1 fully saturated rings. The second-order valence-corrected chi connectivity index (χ2v) is 20.8. The van der Waals surface area contributed by atoms with Crippen LogP contribution in [0.2, 0.25) is 0 Å². The largest absolute Gasteiger partial charge is 0.480 e. The molecule has 1 rings (SSSR count). The summed E-state index contributed by atoms with van der Waals surface area (Å²) in [6, 6.07) is -10.3. The number of guanidine groups is 2. The monoisotopic (exact) mass is 1090 g/mol. The highest BCUT2D eigenvalue weighted by Gasteiger charge is 2.41. The van der Waals surface area contributed by atoms with Crippen LogP contribution in [0.1, 0.15) is 145 Å². The maximum Gasteiger partial charge on any atom is 0.326 e. The van der Waals surface area contributed by atoms with E-state index in [1.165, 1.54) is 11.8 Å². The second kappa shape index (κ2) is 36.6. The van der Waals surface area contributed by atoms with Gasteiger partial charge >= 0.3 is 5.97 Å². The first-order valence-electron chi connectivity index (χ1n) is 27.2. The van der Waals surface area contributed by atoms with Gasteiger partial charge in [0.05, 0.1) is 6.04 Å². The number of nitrogens with one attached hydrogen (secondary N) is 7. The van der Waals surface area contributed by atoms with Crippen molar-refractivity contribution >= 4 is 65.1 Å². The van der Waals surface area contributed by atoms with Gasteiger partial charge in [-0.2, -0.15) is 0 Å². The number of hydrogen-bond donors (Lipinski definition) is 15. The molecular formula is C50H95N17O10. The summed E-state index contributed by atoms with van der Waals surface area (Å²) in [5.41, 5.74) is 39.5. The van der Waals surface area contributed by atoms with Gasteiger partial charge in [-0.05, 0) is 128 Å². The molecule has 0 bridgehead atoms. The van der Waals surface area contributed by atoms with Crippen molar-refractivity contribution in [3.8, 4) is 0 Å². The quantitative estimate of drug-likeness (QED) is 0.0170. The molecule has 0 saturated carbocycles. The molecule has 10 atom stereocenters. The normalized spacial score (nSPS) is 16.7. The molecule has 0 aromatic carbocycles. The van der Waals surface area contributed by atoms with Crippen molar-refractivity contribution in [2.75, 3.05) is 32.7 Å². The molecule has 440 valence electrons. The fraction of sp³-hybridized carbons (Fsp3) is 0.780. The predicted octanol–water partition coefficient (Wildman–Crippen LogP) is -2.69. The number of likely N-dealkylation sites (tertiary alicyclic amines) is 1. The van der Waals surface area contributed by atoms with Crippen molar-refractivity contribution in [1.82, 2.24) is 42.1 Å². The van der Waals surface area contributed by atoms with Gasteiger partial charge in [-0.3, -0.25) is 48.3 Å². The smallest absolute Gasteiger partial charge is 0.326 e. The second-order valence-electron chi connectivity index (χ2n) is 20.8. The minimum Gasteiger partial charge on any atom is -0.480 e. The number of carbonyl (C=O) groups is 9. The van der Waals surface area contributed by atoms with Crippen molar-refractivity contribution in [2.45, 2.75) is 199 Å².